The molecule has 0 fully saturated rings. The molecule has 0 atom stereocenters. The van der Waals surface area contributed by atoms with Crippen LogP contribution in [0.2, 0.25) is 0 Å². The highest BCUT2D eigenvalue weighted by molar-refractivity contribution is 9.10. The van der Waals surface area contributed by atoms with Crippen molar-refractivity contribution >= 4 is 38.6 Å². The monoisotopic (exact) mass is 372 g/mol. The summed E-state index contributed by atoms with van der Waals surface area (Å²) in [5.41, 5.74) is 1.37. The number of rotatable bonds is 4. The number of imidazole rings is 1. The van der Waals surface area contributed by atoms with E-state index in [-0.39, 0.29) is 5.82 Å². The summed E-state index contributed by atoms with van der Waals surface area (Å²) in [6.45, 7) is 2.08. The number of benzene rings is 1. The molecule has 1 aromatic carbocycles. The van der Waals surface area contributed by atoms with E-state index in [9.17, 15) is 4.39 Å². The van der Waals surface area contributed by atoms with Gasteiger partial charge in [-0.05, 0) is 28.9 Å². The Balaban J connectivity index is 2.12. The Kier molecular flexibility index (Phi) is 3.95. The van der Waals surface area contributed by atoms with Gasteiger partial charge < -0.3 is 9.09 Å². The average molecular weight is 374 g/mol. The first-order valence-electron chi connectivity index (χ1n) is 6.28. The summed E-state index contributed by atoms with van der Waals surface area (Å²) in [6, 6.07) is 3.09. The molecule has 21 heavy (non-hydrogen) atoms. The summed E-state index contributed by atoms with van der Waals surface area (Å²) in [4.78, 5) is 8.67. The zero-order valence-corrected chi connectivity index (χ0v) is 13.4. The van der Waals surface area contributed by atoms with Crippen LogP contribution in [-0.2, 0) is 13.0 Å². The van der Waals surface area contributed by atoms with E-state index in [1.165, 1.54) is 6.07 Å². The maximum atomic E-state index is 13.8. The predicted molar refractivity (Wildman–Crippen MR) is 80.0 cm³/mol. The number of alkyl halides is 1. The van der Waals surface area contributed by atoms with Crippen molar-refractivity contribution < 1.29 is 8.91 Å². The van der Waals surface area contributed by atoms with Gasteiger partial charge in [-0.1, -0.05) is 5.16 Å². The third-order valence-electron chi connectivity index (χ3n) is 3.05. The number of hydrogen-bond donors (Lipinski definition) is 0. The topological polar surface area (TPSA) is 56.7 Å². The van der Waals surface area contributed by atoms with Crippen LogP contribution in [0.25, 0.3) is 11.0 Å². The fourth-order valence-electron chi connectivity index (χ4n) is 2.16. The van der Waals surface area contributed by atoms with E-state index < -0.39 is 0 Å². The quantitative estimate of drug-likeness (QED) is 0.657. The summed E-state index contributed by atoms with van der Waals surface area (Å²) < 4.78 is 21.2. The number of nitrogens with zero attached hydrogens (tertiary/aromatic N) is 4. The van der Waals surface area contributed by atoms with Gasteiger partial charge in [0.2, 0.25) is 5.89 Å². The fourth-order valence-corrected chi connectivity index (χ4v) is 2.66. The van der Waals surface area contributed by atoms with Crippen molar-refractivity contribution in [2.75, 3.05) is 5.88 Å². The first-order chi connectivity index (χ1) is 10.1. The maximum absolute atomic E-state index is 13.8. The lowest BCUT2D eigenvalue weighted by Gasteiger charge is -2.05. The van der Waals surface area contributed by atoms with Gasteiger partial charge in [0.25, 0.3) is 0 Å². The van der Waals surface area contributed by atoms with E-state index in [0.29, 0.717) is 46.1 Å². The highest BCUT2D eigenvalue weighted by atomic mass is 79.9. The molecule has 0 aliphatic rings. The lowest BCUT2D eigenvalue weighted by atomic mass is 10.3. The van der Waals surface area contributed by atoms with E-state index in [4.69, 9.17) is 16.1 Å². The van der Waals surface area contributed by atoms with E-state index >= 15 is 0 Å². The Morgan fingerprint density at radius 3 is 2.86 bits per heavy atom. The minimum atomic E-state index is -0.345. The third kappa shape index (κ3) is 2.80. The van der Waals surface area contributed by atoms with E-state index in [2.05, 4.69) is 31.1 Å². The first-order valence-corrected chi connectivity index (χ1v) is 7.60. The van der Waals surface area contributed by atoms with Gasteiger partial charge in [0.05, 0.1) is 15.5 Å². The molecule has 0 amide bonds. The van der Waals surface area contributed by atoms with E-state index in [0.717, 1.165) is 5.82 Å². The first kappa shape index (κ1) is 14.5. The zero-order chi connectivity index (χ0) is 15.0. The minimum absolute atomic E-state index is 0.338. The van der Waals surface area contributed by atoms with Crippen LogP contribution in [-0.4, -0.2) is 25.6 Å². The molecule has 0 aliphatic carbocycles. The standard InChI is InChI=1S/C13H11BrClFN4O/c1-7-17-13(21-19-7)6-20-11-5-9(16)8(14)4-10(11)18-12(20)2-3-15/h4-5H,2-3,6H2,1H3. The summed E-state index contributed by atoms with van der Waals surface area (Å²) in [5.74, 6) is 1.85. The van der Waals surface area contributed by atoms with Gasteiger partial charge in [-0.2, -0.15) is 4.98 Å². The van der Waals surface area contributed by atoms with Crippen molar-refractivity contribution in [1.29, 1.82) is 0 Å². The third-order valence-corrected chi connectivity index (χ3v) is 3.85. The van der Waals surface area contributed by atoms with Crippen molar-refractivity contribution in [2.45, 2.75) is 19.9 Å². The Morgan fingerprint density at radius 2 is 2.19 bits per heavy atom. The van der Waals surface area contributed by atoms with Crippen LogP contribution in [0.4, 0.5) is 4.39 Å². The van der Waals surface area contributed by atoms with Gasteiger partial charge in [-0.25, -0.2) is 9.37 Å². The van der Waals surface area contributed by atoms with Crippen LogP contribution in [0, 0.1) is 12.7 Å². The molecule has 3 aromatic rings. The molecule has 0 radical (unpaired) electrons. The largest absolute Gasteiger partial charge is 0.337 e. The zero-order valence-electron chi connectivity index (χ0n) is 11.1. The molecule has 0 aliphatic heterocycles. The van der Waals surface area contributed by atoms with Crippen LogP contribution < -0.4 is 0 Å². The van der Waals surface area contributed by atoms with Crippen molar-refractivity contribution in [1.82, 2.24) is 19.7 Å². The summed E-state index contributed by atoms with van der Waals surface area (Å²) >= 11 is 8.99. The highest BCUT2D eigenvalue weighted by Gasteiger charge is 2.15. The van der Waals surface area contributed by atoms with E-state index in [1.807, 2.05) is 4.57 Å². The van der Waals surface area contributed by atoms with Gasteiger partial charge in [-0.15, -0.1) is 11.6 Å². The number of aromatic nitrogens is 4. The Labute approximate surface area is 133 Å². The molecular formula is C13H11BrClFN4O. The Hall–Kier alpha value is -1.47. The van der Waals surface area contributed by atoms with Gasteiger partial charge >= 0.3 is 0 Å². The van der Waals surface area contributed by atoms with Crippen LogP contribution in [0.5, 0.6) is 0 Å². The Bertz CT molecular complexity index is 801. The average Bonchev–Trinajstić information content (AvgIpc) is 2.97. The molecule has 2 aromatic heterocycles. The smallest absolute Gasteiger partial charge is 0.246 e. The van der Waals surface area contributed by atoms with Crippen molar-refractivity contribution in [3.63, 3.8) is 0 Å². The molecule has 0 bridgehead atoms. The molecule has 3 rings (SSSR count). The van der Waals surface area contributed by atoms with Crippen LogP contribution in [0.15, 0.2) is 21.1 Å². The second-order valence-electron chi connectivity index (χ2n) is 4.54. The van der Waals surface area contributed by atoms with E-state index in [1.54, 1.807) is 13.0 Å². The molecule has 0 unspecified atom stereocenters. The predicted octanol–water partition coefficient (Wildman–Crippen LogP) is 3.46. The lowest BCUT2D eigenvalue weighted by Crippen LogP contribution is -2.06. The molecule has 0 N–H and O–H groups in total. The molecule has 2 heterocycles. The molecule has 110 valence electrons. The minimum Gasteiger partial charge on any atom is -0.337 e. The normalized spacial score (nSPS) is 11.4. The van der Waals surface area contributed by atoms with Crippen molar-refractivity contribution in [3.8, 4) is 0 Å². The molecule has 8 heteroatoms. The summed E-state index contributed by atoms with van der Waals surface area (Å²) in [7, 11) is 0. The van der Waals surface area contributed by atoms with Crippen molar-refractivity contribution in [2.24, 2.45) is 0 Å². The molecular weight excluding hydrogens is 363 g/mol. The molecule has 0 saturated heterocycles. The van der Waals surface area contributed by atoms with Gasteiger partial charge in [0.15, 0.2) is 5.82 Å². The van der Waals surface area contributed by atoms with Gasteiger partial charge in [0, 0.05) is 18.4 Å². The molecule has 0 saturated carbocycles. The van der Waals surface area contributed by atoms with Crippen LogP contribution >= 0.6 is 27.5 Å². The van der Waals surface area contributed by atoms with Gasteiger partial charge in [-0.3, -0.25) is 0 Å². The van der Waals surface area contributed by atoms with Crippen LogP contribution in [0.1, 0.15) is 17.5 Å². The summed E-state index contributed by atoms with van der Waals surface area (Å²) in [5, 5.41) is 3.76. The highest BCUT2D eigenvalue weighted by Crippen LogP contribution is 2.25. The lowest BCUT2D eigenvalue weighted by molar-refractivity contribution is 0.367. The number of hydrogen-bond acceptors (Lipinski definition) is 4. The number of halogens is 3. The molecule has 5 nitrogen and oxygen atoms in total. The second-order valence-corrected chi connectivity index (χ2v) is 5.78. The fraction of sp³-hybridized carbons (Fsp3) is 0.308. The SMILES string of the molecule is Cc1noc(Cn2c(CCCl)nc3cc(Br)c(F)cc32)n1. The number of aryl methyl sites for hydroxylation is 2. The molecule has 0 spiro atoms. The number of fused-ring (bicyclic) bond motifs is 1. The second kappa shape index (κ2) is 5.73. The van der Waals surface area contributed by atoms with Gasteiger partial charge in [0.1, 0.15) is 18.2 Å². The maximum Gasteiger partial charge on any atom is 0.246 e. The van der Waals surface area contributed by atoms with Crippen molar-refractivity contribution in [3.05, 3.63) is 40.0 Å². The Morgan fingerprint density at radius 1 is 1.38 bits per heavy atom. The summed E-state index contributed by atoms with van der Waals surface area (Å²) in [6.07, 6.45) is 0.572. The van der Waals surface area contributed by atoms with Crippen LogP contribution in [0.3, 0.4) is 0 Å².